The highest BCUT2D eigenvalue weighted by Gasteiger charge is 2.49. The summed E-state index contributed by atoms with van der Waals surface area (Å²) in [5.41, 5.74) is 1.26. The van der Waals surface area contributed by atoms with E-state index in [1.807, 2.05) is 36.4 Å². The van der Waals surface area contributed by atoms with Crippen molar-refractivity contribution < 1.29 is 22.7 Å². The Labute approximate surface area is 194 Å². The molecule has 1 aliphatic heterocycles. The van der Waals surface area contributed by atoms with E-state index in [0.29, 0.717) is 5.56 Å². The van der Waals surface area contributed by atoms with E-state index in [9.17, 15) is 23.3 Å². The zero-order valence-corrected chi connectivity index (χ0v) is 19.6. The summed E-state index contributed by atoms with van der Waals surface area (Å²) in [5, 5.41) is 11.0. The van der Waals surface area contributed by atoms with Crippen LogP contribution < -0.4 is 5.32 Å². The number of alkyl carbamates (subject to hydrolysis) is 1. The first-order chi connectivity index (χ1) is 15.5. The third-order valence-corrected chi connectivity index (χ3v) is 7.68. The van der Waals surface area contributed by atoms with E-state index in [0.717, 1.165) is 15.4 Å². The minimum atomic E-state index is -3.82. The quantitative estimate of drug-likeness (QED) is 0.693. The zero-order chi connectivity index (χ0) is 24.2. The summed E-state index contributed by atoms with van der Waals surface area (Å²) in [4.78, 5) is 24.4. The molecular weight excluding hydrogens is 442 g/mol. The van der Waals surface area contributed by atoms with Crippen LogP contribution in [0.1, 0.15) is 49.1 Å². The fraction of sp³-hybridized carbons (Fsp3) is 0.375. The minimum Gasteiger partial charge on any atom is -0.445 e. The number of sulfonamides is 1. The molecule has 0 aromatic heterocycles. The van der Waals surface area contributed by atoms with Gasteiger partial charge in [-0.25, -0.2) is 17.5 Å². The van der Waals surface area contributed by atoms with Gasteiger partial charge in [0, 0.05) is 6.42 Å². The van der Waals surface area contributed by atoms with Crippen molar-refractivity contribution in [2.75, 3.05) is 0 Å². The molecule has 2 amide bonds. The predicted molar refractivity (Wildman–Crippen MR) is 122 cm³/mol. The Balaban J connectivity index is 1.62. The van der Waals surface area contributed by atoms with Crippen molar-refractivity contribution in [1.82, 2.24) is 9.62 Å². The summed E-state index contributed by atoms with van der Waals surface area (Å²) >= 11 is 0. The smallest absolute Gasteiger partial charge is 0.408 e. The van der Waals surface area contributed by atoms with Crippen LogP contribution in [0.15, 0.2) is 54.6 Å². The van der Waals surface area contributed by atoms with Crippen LogP contribution in [0.3, 0.4) is 0 Å². The van der Waals surface area contributed by atoms with E-state index in [4.69, 9.17) is 4.74 Å². The summed E-state index contributed by atoms with van der Waals surface area (Å²) < 4.78 is 32.0. The first kappa shape index (κ1) is 24.3. The predicted octanol–water partition coefficient (Wildman–Crippen LogP) is 3.45. The number of hydrogen-bond acceptors (Lipinski definition) is 6. The second-order valence-electron chi connectivity index (χ2n) is 8.90. The van der Waals surface area contributed by atoms with Gasteiger partial charge in [-0.1, -0.05) is 54.6 Å². The van der Waals surface area contributed by atoms with Gasteiger partial charge in [0.1, 0.15) is 17.9 Å². The number of carbonyl (C=O) groups excluding carboxylic acids is 2. The van der Waals surface area contributed by atoms with Crippen molar-refractivity contribution in [3.8, 4) is 6.07 Å². The summed E-state index contributed by atoms with van der Waals surface area (Å²) in [6.07, 6.45) is -0.573. The van der Waals surface area contributed by atoms with Gasteiger partial charge >= 0.3 is 6.09 Å². The molecule has 0 aliphatic carbocycles. The molecule has 174 valence electrons. The van der Waals surface area contributed by atoms with Gasteiger partial charge in [-0.2, -0.15) is 5.26 Å². The number of ether oxygens (including phenoxy) is 1. The minimum absolute atomic E-state index is 0.0969. The van der Waals surface area contributed by atoms with Crippen LogP contribution in [0.5, 0.6) is 0 Å². The fourth-order valence-corrected chi connectivity index (χ4v) is 6.03. The van der Waals surface area contributed by atoms with Crippen molar-refractivity contribution >= 4 is 22.0 Å². The van der Waals surface area contributed by atoms with Gasteiger partial charge in [0.25, 0.3) is 0 Å². The largest absolute Gasteiger partial charge is 0.445 e. The molecule has 3 rings (SSSR count). The molecule has 0 saturated carbocycles. The lowest BCUT2D eigenvalue weighted by molar-refractivity contribution is -0.128. The van der Waals surface area contributed by atoms with Crippen molar-refractivity contribution in [3.05, 3.63) is 71.3 Å². The molecule has 2 unspecified atom stereocenters. The molecule has 1 N–H and O–H groups in total. The summed E-state index contributed by atoms with van der Waals surface area (Å²) in [5.74, 6) is -0.417. The molecule has 1 fully saturated rings. The SMILES string of the molecule is CC(C)(C)N1C(=O)CC(c2ccc(CC(C#N)NC(=O)OCc3ccccc3)cc2)S1(=O)=O. The summed E-state index contributed by atoms with van der Waals surface area (Å²) in [6.45, 7) is 5.16. The zero-order valence-electron chi connectivity index (χ0n) is 18.8. The number of benzene rings is 2. The Morgan fingerprint density at radius 1 is 1.15 bits per heavy atom. The average molecular weight is 470 g/mol. The first-order valence-electron chi connectivity index (χ1n) is 10.5. The van der Waals surface area contributed by atoms with Gasteiger partial charge in [-0.05, 0) is 37.5 Å². The maximum Gasteiger partial charge on any atom is 0.408 e. The molecule has 0 bridgehead atoms. The number of amides is 2. The van der Waals surface area contributed by atoms with Gasteiger partial charge in [0.2, 0.25) is 15.9 Å². The van der Waals surface area contributed by atoms with Crippen LogP contribution >= 0.6 is 0 Å². The highest BCUT2D eigenvalue weighted by atomic mass is 32.2. The number of nitrogens with zero attached hydrogens (tertiary/aromatic N) is 2. The number of hydrogen-bond donors (Lipinski definition) is 1. The monoisotopic (exact) mass is 469 g/mol. The lowest BCUT2D eigenvalue weighted by Gasteiger charge is -2.30. The average Bonchev–Trinajstić information content (AvgIpc) is 3.01. The van der Waals surface area contributed by atoms with Gasteiger partial charge < -0.3 is 10.1 Å². The van der Waals surface area contributed by atoms with Gasteiger partial charge in [0.05, 0.1) is 18.0 Å². The standard InChI is InChI=1S/C24H27N3O5S/c1-24(2,3)27-22(28)14-21(33(27,30)31)19-11-9-17(10-12-19)13-20(15-25)26-23(29)32-16-18-7-5-4-6-8-18/h4-12,20-21H,13-14,16H2,1-3H3,(H,26,29). The van der Waals surface area contributed by atoms with E-state index in [1.165, 1.54) is 0 Å². The van der Waals surface area contributed by atoms with E-state index >= 15 is 0 Å². The van der Waals surface area contributed by atoms with Crippen LogP contribution in [-0.2, 0) is 32.6 Å². The van der Waals surface area contributed by atoms with Gasteiger partial charge in [0.15, 0.2) is 0 Å². The lowest BCUT2D eigenvalue weighted by atomic mass is 10.0. The van der Waals surface area contributed by atoms with Crippen LogP contribution in [0.4, 0.5) is 4.79 Å². The third-order valence-electron chi connectivity index (χ3n) is 5.26. The molecule has 8 nitrogen and oxygen atoms in total. The Hall–Kier alpha value is -3.38. The second kappa shape index (κ2) is 9.63. The molecule has 1 heterocycles. The molecule has 0 spiro atoms. The number of rotatable bonds is 6. The third kappa shape index (κ3) is 5.71. The number of carbonyl (C=O) groups is 2. The van der Waals surface area contributed by atoms with E-state index in [-0.39, 0.29) is 19.4 Å². The van der Waals surface area contributed by atoms with Crippen LogP contribution in [0, 0.1) is 11.3 Å². The van der Waals surface area contributed by atoms with Crippen molar-refractivity contribution in [1.29, 1.82) is 5.26 Å². The summed E-state index contributed by atoms with van der Waals surface area (Å²) in [7, 11) is -3.82. The van der Waals surface area contributed by atoms with E-state index < -0.39 is 38.9 Å². The molecule has 33 heavy (non-hydrogen) atoms. The molecular formula is C24H27N3O5S. The normalized spacial score (nSPS) is 18.4. The van der Waals surface area contributed by atoms with Gasteiger partial charge in [-0.3, -0.25) is 4.79 Å². The molecule has 2 aromatic rings. The maximum atomic E-state index is 12.9. The Morgan fingerprint density at radius 3 is 2.33 bits per heavy atom. The van der Waals surface area contributed by atoms with Crippen LogP contribution in [-0.4, -0.2) is 36.3 Å². The number of nitrogens with one attached hydrogen (secondary N) is 1. The van der Waals surface area contributed by atoms with E-state index in [1.54, 1.807) is 45.0 Å². The molecule has 2 atom stereocenters. The Morgan fingerprint density at radius 2 is 1.79 bits per heavy atom. The van der Waals surface area contributed by atoms with Gasteiger partial charge in [-0.15, -0.1) is 0 Å². The Bertz CT molecular complexity index is 1150. The Kier molecular flexibility index (Phi) is 7.08. The molecule has 1 saturated heterocycles. The number of nitriles is 1. The lowest BCUT2D eigenvalue weighted by Crippen LogP contribution is -2.45. The van der Waals surface area contributed by atoms with Crippen molar-refractivity contribution in [3.63, 3.8) is 0 Å². The molecule has 1 aliphatic rings. The fourth-order valence-electron chi connectivity index (χ4n) is 3.80. The maximum absolute atomic E-state index is 12.9. The summed E-state index contributed by atoms with van der Waals surface area (Å²) in [6, 6.07) is 17.1. The highest BCUT2D eigenvalue weighted by Crippen LogP contribution is 2.40. The molecule has 2 aromatic carbocycles. The van der Waals surface area contributed by atoms with Crippen molar-refractivity contribution in [2.45, 2.75) is 57.1 Å². The second-order valence-corrected chi connectivity index (χ2v) is 10.9. The molecule has 0 radical (unpaired) electrons. The van der Waals surface area contributed by atoms with Crippen LogP contribution in [0.2, 0.25) is 0 Å². The first-order valence-corrected chi connectivity index (χ1v) is 12.1. The van der Waals surface area contributed by atoms with Crippen molar-refractivity contribution in [2.24, 2.45) is 0 Å². The topological polar surface area (TPSA) is 117 Å². The van der Waals surface area contributed by atoms with E-state index in [2.05, 4.69) is 5.32 Å². The highest BCUT2D eigenvalue weighted by molar-refractivity contribution is 7.90. The van der Waals surface area contributed by atoms with Crippen LogP contribution in [0.25, 0.3) is 0 Å². The molecule has 9 heteroatoms.